The average molecular weight is 255 g/mol. The van der Waals surface area contributed by atoms with Gasteiger partial charge in [0.05, 0.1) is 6.61 Å². The molecule has 0 aliphatic rings. The Hall–Kier alpha value is -1.21. The summed E-state index contributed by atoms with van der Waals surface area (Å²) < 4.78 is 69.1. The second-order valence-electron chi connectivity index (χ2n) is 3.22. The summed E-state index contributed by atoms with van der Waals surface area (Å²) >= 11 is 0. The summed E-state index contributed by atoms with van der Waals surface area (Å²) in [5.41, 5.74) is -0.877. The van der Waals surface area contributed by atoms with E-state index in [0.717, 1.165) is 0 Å². The van der Waals surface area contributed by atoms with Gasteiger partial charge in [-0.1, -0.05) is 0 Å². The summed E-state index contributed by atoms with van der Waals surface area (Å²) in [5.74, 6) is -9.65. The van der Waals surface area contributed by atoms with Crippen LogP contribution in [0, 0.1) is 29.1 Å². The predicted octanol–water partition coefficient (Wildman–Crippen LogP) is 2.12. The molecular weight excluding hydrogens is 245 g/mol. The lowest BCUT2D eigenvalue weighted by Gasteiger charge is -2.09. The van der Waals surface area contributed by atoms with Crippen molar-refractivity contribution in [1.82, 2.24) is 5.32 Å². The van der Waals surface area contributed by atoms with Crippen LogP contribution >= 0.6 is 0 Å². The van der Waals surface area contributed by atoms with E-state index < -0.39 is 41.2 Å². The molecule has 96 valence electrons. The summed E-state index contributed by atoms with van der Waals surface area (Å²) in [5, 5.41) is 2.50. The van der Waals surface area contributed by atoms with Gasteiger partial charge < -0.3 is 10.1 Å². The van der Waals surface area contributed by atoms with Gasteiger partial charge in [0, 0.05) is 25.8 Å². The Labute approximate surface area is 94.4 Å². The van der Waals surface area contributed by atoms with Crippen LogP contribution in [0.2, 0.25) is 0 Å². The van der Waals surface area contributed by atoms with Gasteiger partial charge in [-0.15, -0.1) is 0 Å². The van der Waals surface area contributed by atoms with Gasteiger partial charge in [0.25, 0.3) is 0 Å². The number of nitrogens with one attached hydrogen (secondary N) is 1. The Kier molecular flexibility index (Phi) is 4.83. The topological polar surface area (TPSA) is 21.3 Å². The van der Waals surface area contributed by atoms with E-state index in [1.807, 2.05) is 0 Å². The van der Waals surface area contributed by atoms with Gasteiger partial charge in [0.15, 0.2) is 23.3 Å². The molecule has 0 spiro atoms. The molecule has 1 aromatic carbocycles. The molecule has 0 fully saturated rings. The first-order chi connectivity index (χ1) is 8.00. The smallest absolute Gasteiger partial charge is 0.200 e. The minimum atomic E-state index is -2.15. The van der Waals surface area contributed by atoms with E-state index >= 15 is 0 Å². The maximum atomic E-state index is 13.1. The highest BCUT2D eigenvalue weighted by Crippen LogP contribution is 2.22. The molecule has 0 aliphatic carbocycles. The van der Waals surface area contributed by atoms with Crippen molar-refractivity contribution in [2.75, 3.05) is 20.3 Å². The zero-order valence-corrected chi connectivity index (χ0v) is 8.92. The van der Waals surface area contributed by atoms with Crippen molar-refractivity contribution in [3.05, 3.63) is 34.6 Å². The van der Waals surface area contributed by atoms with E-state index in [4.69, 9.17) is 0 Å². The summed E-state index contributed by atoms with van der Waals surface area (Å²) in [6.07, 6.45) is 0. The first-order valence-corrected chi connectivity index (χ1v) is 4.70. The molecule has 0 saturated heterocycles. The molecule has 0 unspecified atom stereocenters. The van der Waals surface area contributed by atoms with Crippen LogP contribution in [0.3, 0.4) is 0 Å². The molecule has 0 heterocycles. The van der Waals surface area contributed by atoms with Crippen LogP contribution in [0.15, 0.2) is 0 Å². The largest absolute Gasteiger partial charge is 0.383 e. The Bertz CT molecular complexity index is 381. The van der Waals surface area contributed by atoms with E-state index in [0.29, 0.717) is 0 Å². The standard InChI is InChI=1S/C10H10F5NO/c1-17-3-2-16-4-5-6(11)8(13)10(15)9(14)7(5)12/h16H,2-4H2,1H3. The van der Waals surface area contributed by atoms with Gasteiger partial charge in [-0.2, -0.15) is 0 Å². The van der Waals surface area contributed by atoms with E-state index in [-0.39, 0.29) is 13.2 Å². The third-order valence-corrected chi connectivity index (χ3v) is 2.09. The van der Waals surface area contributed by atoms with Crippen molar-refractivity contribution in [2.45, 2.75) is 6.54 Å². The minimum Gasteiger partial charge on any atom is -0.383 e. The number of methoxy groups -OCH3 is 1. The van der Waals surface area contributed by atoms with E-state index in [1.54, 1.807) is 0 Å². The Morgan fingerprint density at radius 1 is 0.882 bits per heavy atom. The second-order valence-corrected chi connectivity index (χ2v) is 3.22. The van der Waals surface area contributed by atoms with Crippen molar-refractivity contribution < 1.29 is 26.7 Å². The van der Waals surface area contributed by atoms with Crippen molar-refractivity contribution in [3.8, 4) is 0 Å². The van der Waals surface area contributed by atoms with Crippen LogP contribution in [0.1, 0.15) is 5.56 Å². The summed E-state index contributed by atoms with van der Waals surface area (Å²) in [6, 6.07) is 0. The third-order valence-electron chi connectivity index (χ3n) is 2.09. The second kappa shape index (κ2) is 5.92. The molecule has 1 aromatic rings. The highest BCUT2D eigenvalue weighted by atomic mass is 19.2. The first kappa shape index (κ1) is 13.9. The normalized spacial score (nSPS) is 10.9. The molecule has 0 bridgehead atoms. The van der Waals surface area contributed by atoms with Crippen LogP contribution in [0.5, 0.6) is 0 Å². The van der Waals surface area contributed by atoms with Gasteiger partial charge in [-0.25, -0.2) is 22.0 Å². The summed E-state index contributed by atoms with van der Waals surface area (Å²) in [7, 11) is 1.42. The van der Waals surface area contributed by atoms with Crippen LogP contribution < -0.4 is 5.32 Å². The number of hydrogen-bond acceptors (Lipinski definition) is 2. The van der Waals surface area contributed by atoms with E-state index in [9.17, 15) is 22.0 Å². The molecule has 17 heavy (non-hydrogen) atoms. The Morgan fingerprint density at radius 2 is 1.35 bits per heavy atom. The fourth-order valence-electron chi connectivity index (χ4n) is 1.19. The lowest BCUT2D eigenvalue weighted by atomic mass is 10.1. The fourth-order valence-corrected chi connectivity index (χ4v) is 1.19. The van der Waals surface area contributed by atoms with Gasteiger partial charge in [-0.3, -0.25) is 0 Å². The monoisotopic (exact) mass is 255 g/mol. The molecule has 0 radical (unpaired) electrons. The summed E-state index contributed by atoms with van der Waals surface area (Å²) in [4.78, 5) is 0. The number of rotatable bonds is 5. The third kappa shape index (κ3) is 2.92. The van der Waals surface area contributed by atoms with Crippen molar-refractivity contribution in [1.29, 1.82) is 0 Å². The van der Waals surface area contributed by atoms with Gasteiger partial charge in [0.2, 0.25) is 5.82 Å². The maximum Gasteiger partial charge on any atom is 0.200 e. The Balaban J connectivity index is 2.92. The molecule has 0 amide bonds. The zero-order valence-electron chi connectivity index (χ0n) is 8.92. The molecule has 0 aromatic heterocycles. The van der Waals surface area contributed by atoms with Crippen LogP contribution in [0.25, 0.3) is 0 Å². The van der Waals surface area contributed by atoms with Crippen LogP contribution in [0.4, 0.5) is 22.0 Å². The van der Waals surface area contributed by atoms with E-state index in [2.05, 4.69) is 10.1 Å². The van der Waals surface area contributed by atoms with Crippen molar-refractivity contribution in [3.63, 3.8) is 0 Å². The molecule has 0 aliphatic heterocycles. The first-order valence-electron chi connectivity index (χ1n) is 4.70. The van der Waals surface area contributed by atoms with Crippen LogP contribution in [-0.2, 0) is 11.3 Å². The van der Waals surface area contributed by atoms with Crippen molar-refractivity contribution >= 4 is 0 Å². The highest BCUT2D eigenvalue weighted by Gasteiger charge is 2.24. The van der Waals surface area contributed by atoms with Gasteiger partial charge in [-0.05, 0) is 0 Å². The number of halogens is 5. The van der Waals surface area contributed by atoms with Crippen LogP contribution in [-0.4, -0.2) is 20.3 Å². The zero-order chi connectivity index (χ0) is 13.0. The molecule has 1 rings (SSSR count). The van der Waals surface area contributed by atoms with Crippen molar-refractivity contribution in [2.24, 2.45) is 0 Å². The fraction of sp³-hybridized carbons (Fsp3) is 0.400. The molecule has 2 nitrogen and oxygen atoms in total. The summed E-state index contributed by atoms with van der Waals surface area (Å²) in [6.45, 7) is 0.0283. The molecule has 7 heteroatoms. The lowest BCUT2D eigenvalue weighted by Crippen LogP contribution is -2.21. The number of ether oxygens (including phenoxy) is 1. The number of hydrogen-bond donors (Lipinski definition) is 1. The molecule has 0 saturated carbocycles. The molecule has 1 N–H and O–H groups in total. The average Bonchev–Trinajstić information content (AvgIpc) is 2.33. The minimum absolute atomic E-state index is 0.232. The van der Waals surface area contributed by atoms with Gasteiger partial charge in [0.1, 0.15) is 0 Å². The quantitative estimate of drug-likeness (QED) is 0.376. The molecular formula is C10H10F5NO. The Morgan fingerprint density at radius 3 is 1.82 bits per heavy atom. The lowest BCUT2D eigenvalue weighted by molar-refractivity contribution is 0.198. The highest BCUT2D eigenvalue weighted by molar-refractivity contribution is 5.23. The SMILES string of the molecule is COCCNCc1c(F)c(F)c(F)c(F)c1F. The molecule has 0 atom stereocenters. The number of benzene rings is 1. The maximum absolute atomic E-state index is 13.1. The van der Waals surface area contributed by atoms with E-state index in [1.165, 1.54) is 7.11 Å². The predicted molar refractivity (Wildman–Crippen MR) is 49.8 cm³/mol. The van der Waals surface area contributed by atoms with Gasteiger partial charge >= 0.3 is 0 Å².